The van der Waals surface area contributed by atoms with Crippen molar-refractivity contribution < 1.29 is 52.7 Å². The second-order valence-electron chi connectivity index (χ2n) is 20.1. The van der Waals surface area contributed by atoms with Crippen molar-refractivity contribution in [2.24, 2.45) is 0 Å². The molecular weight excluding hydrogens is 1100 g/mol. The highest BCUT2D eigenvalue weighted by Gasteiger charge is 2.40. The first-order valence-electron chi connectivity index (χ1n) is 26.1. The zero-order valence-corrected chi connectivity index (χ0v) is 43.3. The molecule has 3 heterocycles. The molecule has 0 saturated carbocycles. The van der Waals surface area contributed by atoms with E-state index < -0.39 is 58.1 Å². The monoisotopic (exact) mass is 1140 g/mol. The molecule has 0 aliphatic carbocycles. The normalized spacial score (nSPS) is 12.5. The average Bonchev–Trinajstić information content (AvgIpc) is 1.67. The van der Waals surface area contributed by atoms with E-state index in [-0.39, 0.29) is 23.3 Å². The van der Waals surface area contributed by atoms with Gasteiger partial charge in [-0.1, -0.05) is 140 Å². The summed E-state index contributed by atoms with van der Waals surface area (Å²) in [5.41, 5.74) is 1.61. The summed E-state index contributed by atoms with van der Waals surface area (Å²) in [4.78, 5) is 10.3. The SMILES string of the molecule is FC(F)(F)c1ccc(-c2ccc3c(c2)c2ccccc2n3-c2ccccc2-c2cc(-c3nc(-c4ccccc4)cc(-c4ccccc4)n3)ccc2-n2c3ccccc3c3cc(-c4ccc(C(F)(F)F)cc4C(F)(F)F)ccc32)c(C(F)(F)F)c1. The molecule has 3 aromatic heterocycles. The predicted molar refractivity (Wildman–Crippen MR) is 303 cm³/mol. The van der Waals surface area contributed by atoms with Crippen LogP contribution in [-0.2, 0) is 24.7 Å². The van der Waals surface area contributed by atoms with Crippen LogP contribution in [-0.4, -0.2) is 19.1 Å². The molecule has 84 heavy (non-hydrogen) atoms. The molecule has 0 aliphatic heterocycles. The number of aromatic nitrogens is 4. The fourth-order valence-corrected chi connectivity index (χ4v) is 11.3. The van der Waals surface area contributed by atoms with Crippen molar-refractivity contribution in [1.82, 2.24) is 19.1 Å². The van der Waals surface area contributed by atoms with E-state index in [1.807, 2.05) is 130 Å². The number of para-hydroxylation sites is 3. The van der Waals surface area contributed by atoms with Gasteiger partial charge in [-0.3, -0.25) is 0 Å². The van der Waals surface area contributed by atoms with Gasteiger partial charge in [0.2, 0.25) is 0 Å². The summed E-state index contributed by atoms with van der Waals surface area (Å²) in [5, 5.41) is 2.23. The van der Waals surface area contributed by atoms with Gasteiger partial charge in [-0.25, -0.2) is 9.97 Å². The van der Waals surface area contributed by atoms with Crippen LogP contribution in [0.5, 0.6) is 0 Å². The molecule has 0 aliphatic rings. The van der Waals surface area contributed by atoms with Crippen LogP contribution in [0.2, 0.25) is 0 Å². The topological polar surface area (TPSA) is 35.6 Å². The van der Waals surface area contributed by atoms with Crippen molar-refractivity contribution in [2.45, 2.75) is 24.7 Å². The van der Waals surface area contributed by atoms with Gasteiger partial charge < -0.3 is 9.13 Å². The highest BCUT2D eigenvalue weighted by Crippen LogP contribution is 2.47. The third-order valence-electron chi connectivity index (χ3n) is 15.1. The summed E-state index contributed by atoms with van der Waals surface area (Å²) in [6.07, 6.45) is -20.3. The summed E-state index contributed by atoms with van der Waals surface area (Å²) in [6, 6.07) is 61.1. The van der Waals surface area contributed by atoms with Crippen LogP contribution < -0.4 is 0 Å². The van der Waals surface area contributed by atoms with Crippen molar-refractivity contribution in [3.8, 4) is 78.7 Å². The molecule has 13 rings (SSSR count). The third-order valence-corrected chi connectivity index (χ3v) is 15.1. The van der Waals surface area contributed by atoms with Crippen LogP contribution in [0.4, 0.5) is 52.7 Å². The Morgan fingerprint density at radius 2 is 0.667 bits per heavy atom. The largest absolute Gasteiger partial charge is 0.417 e. The van der Waals surface area contributed by atoms with E-state index in [1.165, 1.54) is 24.3 Å². The van der Waals surface area contributed by atoms with Gasteiger partial charge in [0, 0.05) is 49.4 Å². The number of nitrogens with zero attached hydrogens (tertiary/aromatic N) is 4. The van der Waals surface area contributed by atoms with E-state index in [1.54, 1.807) is 48.5 Å². The molecule has 414 valence electrons. The maximum Gasteiger partial charge on any atom is 0.417 e. The first-order valence-corrected chi connectivity index (χ1v) is 26.1. The number of alkyl halides is 12. The summed E-state index contributed by atoms with van der Waals surface area (Å²) in [5.74, 6) is 0.357. The van der Waals surface area contributed by atoms with Crippen molar-refractivity contribution in [3.05, 3.63) is 253 Å². The van der Waals surface area contributed by atoms with E-state index in [4.69, 9.17) is 9.97 Å². The number of fused-ring (bicyclic) bond motifs is 6. The standard InChI is InChI=1S/C68H38F12N4/c69-65(70,71)44-26-28-46(54(36-44)67(75,76)77)41-23-30-61-51(33-41)48-17-7-10-20-58(48)83(61)59-21-11-9-19-50(59)53-35-43(64-81-56(39-13-3-1-4-14-39)38-57(82-64)40-15-5-2-6-16-40)25-32-63(53)84-60-22-12-8-18-49(60)52-34-42(24-31-62(52)84)47-29-27-45(66(72,73)74)37-55(47)68(78,79)80/h1-38H. The van der Waals surface area contributed by atoms with Crippen LogP contribution in [0.15, 0.2) is 231 Å². The van der Waals surface area contributed by atoms with Crippen molar-refractivity contribution >= 4 is 43.6 Å². The minimum atomic E-state index is -5.14. The first kappa shape index (κ1) is 53.4. The lowest BCUT2D eigenvalue weighted by molar-refractivity contribution is -0.144. The van der Waals surface area contributed by atoms with Crippen LogP contribution in [0.25, 0.3) is 122 Å². The van der Waals surface area contributed by atoms with Gasteiger partial charge in [0.15, 0.2) is 5.82 Å². The van der Waals surface area contributed by atoms with Crippen molar-refractivity contribution in [1.29, 1.82) is 0 Å². The molecule has 0 saturated heterocycles. The fourth-order valence-electron chi connectivity index (χ4n) is 11.3. The lowest BCUT2D eigenvalue weighted by Crippen LogP contribution is -2.12. The van der Waals surface area contributed by atoms with Crippen LogP contribution in [0.3, 0.4) is 0 Å². The Labute approximate surface area is 469 Å². The average molecular weight is 1140 g/mol. The molecule has 10 aromatic carbocycles. The van der Waals surface area contributed by atoms with Crippen LogP contribution >= 0.6 is 0 Å². The number of benzene rings is 10. The highest BCUT2D eigenvalue weighted by molar-refractivity contribution is 6.13. The number of hydrogen-bond acceptors (Lipinski definition) is 2. The highest BCUT2D eigenvalue weighted by atomic mass is 19.4. The fraction of sp³-hybridized carbons (Fsp3) is 0.0588. The molecule has 0 unspecified atom stereocenters. The zero-order valence-electron chi connectivity index (χ0n) is 43.3. The summed E-state index contributed by atoms with van der Waals surface area (Å²) in [6.45, 7) is 0. The van der Waals surface area contributed by atoms with Crippen LogP contribution in [0.1, 0.15) is 22.3 Å². The van der Waals surface area contributed by atoms with Gasteiger partial charge in [0.05, 0.1) is 67.1 Å². The first-order chi connectivity index (χ1) is 40.2. The van der Waals surface area contributed by atoms with Gasteiger partial charge in [-0.2, -0.15) is 52.7 Å². The van der Waals surface area contributed by atoms with E-state index >= 15 is 0 Å². The van der Waals surface area contributed by atoms with Gasteiger partial charge in [-0.15, -0.1) is 0 Å². The maximum absolute atomic E-state index is 14.7. The lowest BCUT2D eigenvalue weighted by atomic mass is 9.95. The van der Waals surface area contributed by atoms with Gasteiger partial charge >= 0.3 is 24.7 Å². The Morgan fingerprint density at radius 3 is 1.13 bits per heavy atom. The molecule has 4 nitrogen and oxygen atoms in total. The lowest BCUT2D eigenvalue weighted by Gasteiger charge is -2.20. The van der Waals surface area contributed by atoms with E-state index in [0.29, 0.717) is 101 Å². The van der Waals surface area contributed by atoms with E-state index in [2.05, 4.69) is 0 Å². The van der Waals surface area contributed by atoms with Crippen molar-refractivity contribution in [3.63, 3.8) is 0 Å². The number of hydrogen-bond donors (Lipinski definition) is 0. The molecule has 0 spiro atoms. The Bertz CT molecular complexity index is 4670. The second kappa shape index (κ2) is 19.9. The summed E-state index contributed by atoms with van der Waals surface area (Å²) >= 11 is 0. The molecule has 0 fully saturated rings. The minimum Gasteiger partial charge on any atom is -0.309 e. The molecular formula is C68H38F12N4. The summed E-state index contributed by atoms with van der Waals surface area (Å²) in [7, 11) is 0. The quantitative estimate of drug-likeness (QED) is 0.142. The Balaban J connectivity index is 1.07. The molecule has 13 aromatic rings. The molecule has 0 bridgehead atoms. The maximum atomic E-state index is 14.7. The Morgan fingerprint density at radius 1 is 0.262 bits per heavy atom. The molecule has 16 heteroatoms. The molecule has 0 atom stereocenters. The minimum absolute atomic E-state index is 0.0273. The van der Waals surface area contributed by atoms with Gasteiger partial charge in [0.1, 0.15) is 0 Å². The Kier molecular flexibility index (Phi) is 12.6. The molecule has 0 N–H and O–H groups in total. The zero-order chi connectivity index (χ0) is 58.5. The number of halogens is 12. The van der Waals surface area contributed by atoms with Crippen molar-refractivity contribution in [2.75, 3.05) is 0 Å². The predicted octanol–water partition coefficient (Wildman–Crippen LogP) is 20.7. The van der Waals surface area contributed by atoms with Gasteiger partial charge in [-0.05, 0) is 113 Å². The second-order valence-corrected chi connectivity index (χ2v) is 20.1. The molecule has 0 amide bonds. The van der Waals surface area contributed by atoms with Gasteiger partial charge in [0.25, 0.3) is 0 Å². The summed E-state index contributed by atoms with van der Waals surface area (Å²) < 4.78 is 175. The smallest absolute Gasteiger partial charge is 0.309 e. The Hall–Kier alpha value is -9.96. The molecule has 0 radical (unpaired) electrons. The third kappa shape index (κ3) is 9.46. The van der Waals surface area contributed by atoms with Crippen LogP contribution in [0, 0.1) is 0 Å². The number of rotatable bonds is 8. The van der Waals surface area contributed by atoms with E-state index in [9.17, 15) is 52.7 Å². The van der Waals surface area contributed by atoms with E-state index in [0.717, 1.165) is 23.3 Å².